The van der Waals surface area contributed by atoms with Crippen LogP contribution in [0.25, 0.3) is 10.8 Å². The molecule has 1 heterocycles. The number of carbonyl (C=O) groups excluding carboxylic acids is 2. The Morgan fingerprint density at radius 3 is 2.36 bits per heavy atom. The lowest BCUT2D eigenvalue weighted by atomic mass is 10.0. The predicted molar refractivity (Wildman–Crippen MR) is 111 cm³/mol. The van der Waals surface area contributed by atoms with Gasteiger partial charge in [-0.05, 0) is 46.9 Å². The molecule has 2 amide bonds. The lowest BCUT2D eigenvalue weighted by molar-refractivity contribution is -0.120. The van der Waals surface area contributed by atoms with E-state index >= 15 is 0 Å². The Hall–Kier alpha value is -3.14. The number of amides is 2. The van der Waals surface area contributed by atoms with Crippen LogP contribution in [0.4, 0.5) is 0 Å². The first-order valence-electron chi connectivity index (χ1n) is 9.82. The SMILES string of the molecule is O=C(Cc1cccc2ccccc12)NCc1ccc(C(=O)N2CCCC2)cc1. The van der Waals surface area contributed by atoms with Crippen molar-refractivity contribution in [2.45, 2.75) is 25.8 Å². The molecule has 1 aliphatic heterocycles. The minimum Gasteiger partial charge on any atom is -0.352 e. The Bertz CT molecular complexity index is 984. The van der Waals surface area contributed by atoms with Crippen molar-refractivity contribution in [1.82, 2.24) is 10.2 Å². The summed E-state index contributed by atoms with van der Waals surface area (Å²) in [6.45, 7) is 2.16. The first-order valence-corrected chi connectivity index (χ1v) is 9.82. The highest BCUT2D eigenvalue weighted by Crippen LogP contribution is 2.19. The predicted octanol–water partition coefficient (Wildman–Crippen LogP) is 3.93. The summed E-state index contributed by atoms with van der Waals surface area (Å²) in [6, 6.07) is 21.7. The summed E-state index contributed by atoms with van der Waals surface area (Å²) < 4.78 is 0. The number of benzene rings is 3. The van der Waals surface area contributed by atoms with E-state index in [-0.39, 0.29) is 11.8 Å². The molecule has 1 aliphatic rings. The molecule has 0 radical (unpaired) electrons. The fourth-order valence-electron chi connectivity index (χ4n) is 3.75. The van der Waals surface area contributed by atoms with Crippen LogP contribution in [0.5, 0.6) is 0 Å². The van der Waals surface area contributed by atoms with Gasteiger partial charge in [0.05, 0.1) is 6.42 Å². The molecule has 1 saturated heterocycles. The van der Waals surface area contributed by atoms with Crippen LogP contribution in [0.2, 0.25) is 0 Å². The Morgan fingerprint density at radius 2 is 1.57 bits per heavy atom. The third-order valence-electron chi connectivity index (χ3n) is 5.31. The molecule has 0 aromatic heterocycles. The fourth-order valence-corrected chi connectivity index (χ4v) is 3.75. The van der Waals surface area contributed by atoms with Crippen molar-refractivity contribution >= 4 is 22.6 Å². The maximum atomic E-state index is 12.4. The number of fused-ring (bicyclic) bond motifs is 1. The topological polar surface area (TPSA) is 49.4 Å². The molecule has 0 spiro atoms. The Kier molecular flexibility index (Phi) is 5.38. The van der Waals surface area contributed by atoms with Crippen LogP contribution in [0.15, 0.2) is 66.7 Å². The van der Waals surface area contributed by atoms with Crippen molar-refractivity contribution in [1.29, 1.82) is 0 Å². The second-order valence-electron chi connectivity index (χ2n) is 7.29. The summed E-state index contributed by atoms with van der Waals surface area (Å²) in [5, 5.41) is 5.24. The van der Waals surface area contributed by atoms with E-state index < -0.39 is 0 Å². The minimum atomic E-state index is -0.00595. The van der Waals surface area contributed by atoms with E-state index in [0.29, 0.717) is 18.5 Å². The van der Waals surface area contributed by atoms with Gasteiger partial charge in [0.25, 0.3) is 5.91 Å². The molecule has 28 heavy (non-hydrogen) atoms. The molecule has 0 bridgehead atoms. The number of carbonyl (C=O) groups is 2. The highest BCUT2D eigenvalue weighted by molar-refractivity contribution is 5.94. The zero-order valence-electron chi connectivity index (χ0n) is 15.9. The average molecular weight is 372 g/mol. The summed E-state index contributed by atoms with van der Waals surface area (Å²) >= 11 is 0. The molecule has 4 rings (SSSR count). The molecule has 0 atom stereocenters. The zero-order valence-corrected chi connectivity index (χ0v) is 15.9. The van der Waals surface area contributed by atoms with Gasteiger partial charge in [0.2, 0.25) is 5.91 Å². The second-order valence-corrected chi connectivity index (χ2v) is 7.29. The molecule has 0 aliphatic carbocycles. The van der Waals surface area contributed by atoms with E-state index in [1.54, 1.807) is 0 Å². The quantitative estimate of drug-likeness (QED) is 0.738. The zero-order chi connectivity index (χ0) is 19.3. The molecule has 1 fully saturated rings. The van der Waals surface area contributed by atoms with Crippen LogP contribution in [0.1, 0.15) is 34.3 Å². The number of nitrogens with one attached hydrogen (secondary N) is 1. The normalized spacial score (nSPS) is 13.6. The monoisotopic (exact) mass is 372 g/mol. The average Bonchev–Trinajstić information content (AvgIpc) is 3.27. The molecule has 0 saturated carbocycles. The third-order valence-corrected chi connectivity index (χ3v) is 5.31. The van der Waals surface area contributed by atoms with E-state index in [1.807, 2.05) is 59.5 Å². The fraction of sp³-hybridized carbons (Fsp3) is 0.250. The van der Waals surface area contributed by atoms with Crippen molar-refractivity contribution in [2.75, 3.05) is 13.1 Å². The first-order chi connectivity index (χ1) is 13.7. The van der Waals surface area contributed by atoms with Crippen molar-refractivity contribution in [3.05, 3.63) is 83.4 Å². The molecule has 0 unspecified atom stereocenters. The van der Waals surface area contributed by atoms with Crippen molar-refractivity contribution in [3.63, 3.8) is 0 Å². The molecular weight excluding hydrogens is 348 g/mol. The number of hydrogen-bond acceptors (Lipinski definition) is 2. The first kappa shape index (κ1) is 18.2. The number of nitrogens with zero attached hydrogens (tertiary/aromatic N) is 1. The summed E-state index contributed by atoms with van der Waals surface area (Å²) in [6.07, 6.45) is 2.53. The molecule has 4 heteroatoms. The summed E-state index contributed by atoms with van der Waals surface area (Å²) in [4.78, 5) is 26.7. The summed E-state index contributed by atoms with van der Waals surface area (Å²) in [5.74, 6) is 0.0950. The maximum absolute atomic E-state index is 12.4. The Labute approximate surface area is 165 Å². The van der Waals surface area contributed by atoms with Gasteiger partial charge in [-0.1, -0.05) is 54.6 Å². The molecule has 142 valence electrons. The van der Waals surface area contributed by atoms with Crippen LogP contribution in [0, 0.1) is 0 Å². The number of rotatable bonds is 5. The van der Waals surface area contributed by atoms with E-state index in [9.17, 15) is 9.59 Å². The molecule has 3 aromatic carbocycles. The summed E-state index contributed by atoms with van der Waals surface area (Å²) in [7, 11) is 0. The van der Waals surface area contributed by atoms with E-state index in [2.05, 4.69) is 17.4 Å². The number of likely N-dealkylation sites (tertiary alicyclic amines) is 1. The highest BCUT2D eigenvalue weighted by Gasteiger charge is 2.19. The summed E-state index contributed by atoms with van der Waals surface area (Å²) in [5.41, 5.74) is 2.74. The van der Waals surface area contributed by atoms with Crippen LogP contribution < -0.4 is 5.32 Å². The second kappa shape index (κ2) is 8.26. The van der Waals surface area contributed by atoms with Crippen LogP contribution in [0.3, 0.4) is 0 Å². The van der Waals surface area contributed by atoms with E-state index in [4.69, 9.17) is 0 Å². The smallest absolute Gasteiger partial charge is 0.253 e. The van der Waals surface area contributed by atoms with Gasteiger partial charge in [0.1, 0.15) is 0 Å². The number of hydrogen-bond donors (Lipinski definition) is 1. The van der Waals surface area contributed by atoms with Gasteiger partial charge in [-0.3, -0.25) is 9.59 Å². The molecule has 4 nitrogen and oxygen atoms in total. The van der Waals surface area contributed by atoms with E-state index in [0.717, 1.165) is 47.8 Å². The molecule has 3 aromatic rings. The van der Waals surface area contributed by atoms with Crippen molar-refractivity contribution in [2.24, 2.45) is 0 Å². The van der Waals surface area contributed by atoms with Gasteiger partial charge < -0.3 is 10.2 Å². The van der Waals surface area contributed by atoms with Crippen molar-refractivity contribution in [3.8, 4) is 0 Å². The van der Waals surface area contributed by atoms with Crippen LogP contribution in [-0.2, 0) is 17.8 Å². The minimum absolute atomic E-state index is 0.00595. The molecule has 1 N–H and O–H groups in total. The maximum Gasteiger partial charge on any atom is 0.253 e. The third kappa shape index (κ3) is 4.06. The lowest BCUT2D eigenvalue weighted by Gasteiger charge is -2.15. The van der Waals surface area contributed by atoms with E-state index in [1.165, 1.54) is 0 Å². The van der Waals surface area contributed by atoms with Gasteiger partial charge in [-0.15, -0.1) is 0 Å². The van der Waals surface area contributed by atoms with Gasteiger partial charge in [-0.25, -0.2) is 0 Å². The van der Waals surface area contributed by atoms with Crippen LogP contribution in [-0.4, -0.2) is 29.8 Å². The van der Waals surface area contributed by atoms with Gasteiger partial charge >= 0.3 is 0 Å². The van der Waals surface area contributed by atoms with Gasteiger partial charge in [-0.2, -0.15) is 0 Å². The van der Waals surface area contributed by atoms with Gasteiger partial charge in [0.15, 0.2) is 0 Å². The highest BCUT2D eigenvalue weighted by atomic mass is 16.2. The largest absolute Gasteiger partial charge is 0.352 e. The van der Waals surface area contributed by atoms with Crippen molar-refractivity contribution < 1.29 is 9.59 Å². The van der Waals surface area contributed by atoms with Gasteiger partial charge in [0, 0.05) is 25.2 Å². The lowest BCUT2D eigenvalue weighted by Crippen LogP contribution is -2.27. The Morgan fingerprint density at radius 1 is 0.857 bits per heavy atom. The standard InChI is InChI=1S/C24H24N2O2/c27-23(16-21-8-5-7-19-6-1-2-9-22(19)21)25-17-18-10-12-20(13-11-18)24(28)26-14-3-4-15-26/h1-2,5-13H,3-4,14-17H2,(H,25,27). The van der Waals surface area contributed by atoms with Crippen LogP contribution >= 0.6 is 0 Å². The Balaban J connectivity index is 1.35. The molecular formula is C24H24N2O2.